The number of amides is 1. The minimum absolute atomic E-state index is 0.0272. The van der Waals surface area contributed by atoms with Gasteiger partial charge in [-0.1, -0.05) is 30.3 Å². The molecule has 1 N–H and O–H groups in total. The first-order valence-corrected chi connectivity index (χ1v) is 6.10. The number of hydrogen-bond donors (Lipinski definition) is 1. The Balaban J connectivity index is 2.19. The first-order chi connectivity index (χ1) is 9.09. The van der Waals surface area contributed by atoms with Gasteiger partial charge in [0.05, 0.1) is 11.6 Å². The van der Waals surface area contributed by atoms with E-state index in [9.17, 15) is 9.59 Å². The lowest BCUT2D eigenvalue weighted by Gasteiger charge is -2.25. The standard InChI is InChI=1S/C15H16N2O2/c1-11(12-6-4-3-5-7-12)17(2)15(19)13-8-9-14(18)16-10-13/h3-11H,1-2H3,(H,16,18). The molecule has 0 saturated carbocycles. The zero-order chi connectivity index (χ0) is 13.8. The summed E-state index contributed by atoms with van der Waals surface area (Å²) in [7, 11) is 1.76. The second-order valence-electron chi connectivity index (χ2n) is 4.44. The highest BCUT2D eigenvalue weighted by Gasteiger charge is 2.18. The first kappa shape index (κ1) is 13.1. The number of benzene rings is 1. The number of carbonyl (C=O) groups is 1. The monoisotopic (exact) mass is 256 g/mol. The van der Waals surface area contributed by atoms with Crippen molar-refractivity contribution in [2.24, 2.45) is 0 Å². The van der Waals surface area contributed by atoms with Gasteiger partial charge in [0.1, 0.15) is 0 Å². The van der Waals surface area contributed by atoms with Gasteiger partial charge in [0.15, 0.2) is 0 Å². The van der Waals surface area contributed by atoms with Crippen molar-refractivity contribution < 1.29 is 4.79 Å². The van der Waals surface area contributed by atoms with E-state index in [1.807, 2.05) is 37.3 Å². The van der Waals surface area contributed by atoms with Gasteiger partial charge in [-0.3, -0.25) is 9.59 Å². The number of aromatic nitrogens is 1. The van der Waals surface area contributed by atoms with Crippen LogP contribution in [0.25, 0.3) is 0 Å². The number of aromatic amines is 1. The van der Waals surface area contributed by atoms with Gasteiger partial charge < -0.3 is 9.88 Å². The maximum Gasteiger partial charge on any atom is 0.255 e. The molecule has 4 nitrogen and oxygen atoms in total. The first-order valence-electron chi connectivity index (χ1n) is 6.10. The van der Waals surface area contributed by atoms with Crippen LogP contribution in [0.4, 0.5) is 0 Å². The Labute approximate surface area is 111 Å². The molecule has 1 heterocycles. The van der Waals surface area contributed by atoms with Gasteiger partial charge >= 0.3 is 0 Å². The summed E-state index contributed by atoms with van der Waals surface area (Å²) < 4.78 is 0. The van der Waals surface area contributed by atoms with Crippen LogP contribution in [0.3, 0.4) is 0 Å². The van der Waals surface area contributed by atoms with Gasteiger partial charge in [0, 0.05) is 19.3 Å². The highest BCUT2D eigenvalue weighted by molar-refractivity contribution is 5.93. The third kappa shape index (κ3) is 2.91. The Bertz CT molecular complexity index is 599. The molecule has 0 aliphatic rings. The lowest BCUT2D eigenvalue weighted by atomic mass is 10.1. The largest absolute Gasteiger partial charge is 0.335 e. The highest BCUT2D eigenvalue weighted by atomic mass is 16.2. The quantitative estimate of drug-likeness (QED) is 0.915. The molecule has 0 fully saturated rings. The van der Waals surface area contributed by atoms with Crippen molar-refractivity contribution >= 4 is 5.91 Å². The van der Waals surface area contributed by atoms with Crippen LogP contribution >= 0.6 is 0 Å². The Kier molecular flexibility index (Phi) is 3.80. The molecule has 2 aromatic rings. The number of nitrogens with zero attached hydrogens (tertiary/aromatic N) is 1. The van der Waals surface area contributed by atoms with E-state index in [1.165, 1.54) is 18.3 Å². The molecule has 0 aliphatic carbocycles. The maximum absolute atomic E-state index is 12.3. The fourth-order valence-corrected chi connectivity index (χ4v) is 1.88. The van der Waals surface area contributed by atoms with Crippen molar-refractivity contribution in [1.29, 1.82) is 0 Å². The van der Waals surface area contributed by atoms with Gasteiger partial charge in [-0.2, -0.15) is 0 Å². The molecule has 1 atom stereocenters. The van der Waals surface area contributed by atoms with E-state index in [2.05, 4.69) is 4.98 Å². The summed E-state index contributed by atoms with van der Waals surface area (Å²) in [6.45, 7) is 1.97. The van der Waals surface area contributed by atoms with E-state index in [0.717, 1.165) is 5.56 Å². The number of carbonyl (C=O) groups excluding carboxylic acids is 1. The third-order valence-corrected chi connectivity index (χ3v) is 3.21. The van der Waals surface area contributed by atoms with Crippen LogP contribution in [0.5, 0.6) is 0 Å². The third-order valence-electron chi connectivity index (χ3n) is 3.21. The summed E-state index contributed by atoms with van der Waals surface area (Å²) in [5.74, 6) is -0.118. The molecule has 19 heavy (non-hydrogen) atoms. The van der Waals surface area contributed by atoms with Gasteiger partial charge in [0.25, 0.3) is 5.91 Å². The average molecular weight is 256 g/mol. The number of hydrogen-bond acceptors (Lipinski definition) is 2. The van der Waals surface area contributed by atoms with Crippen LogP contribution in [-0.4, -0.2) is 22.8 Å². The molecule has 1 aromatic heterocycles. The summed E-state index contributed by atoms with van der Waals surface area (Å²) in [6, 6.07) is 12.7. The van der Waals surface area contributed by atoms with Crippen LogP contribution in [0.15, 0.2) is 53.5 Å². The smallest absolute Gasteiger partial charge is 0.255 e. The van der Waals surface area contributed by atoms with Crippen molar-refractivity contribution in [3.8, 4) is 0 Å². The van der Waals surface area contributed by atoms with Crippen LogP contribution in [-0.2, 0) is 0 Å². The maximum atomic E-state index is 12.3. The second-order valence-corrected chi connectivity index (χ2v) is 4.44. The molecule has 0 aliphatic heterocycles. The molecule has 0 spiro atoms. The molecular weight excluding hydrogens is 240 g/mol. The number of nitrogens with one attached hydrogen (secondary N) is 1. The molecule has 2 rings (SSSR count). The van der Waals surface area contributed by atoms with Gasteiger partial charge in [-0.25, -0.2) is 0 Å². The van der Waals surface area contributed by atoms with Crippen LogP contribution in [0, 0.1) is 0 Å². The zero-order valence-corrected chi connectivity index (χ0v) is 11.0. The van der Waals surface area contributed by atoms with Crippen molar-refractivity contribution in [2.45, 2.75) is 13.0 Å². The minimum Gasteiger partial charge on any atom is -0.335 e. The zero-order valence-electron chi connectivity index (χ0n) is 11.0. The van der Waals surface area contributed by atoms with Gasteiger partial charge in [-0.15, -0.1) is 0 Å². The summed E-state index contributed by atoms with van der Waals surface area (Å²) in [6.07, 6.45) is 1.44. The van der Waals surface area contributed by atoms with Crippen molar-refractivity contribution in [2.75, 3.05) is 7.05 Å². The predicted molar refractivity (Wildman–Crippen MR) is 74.0 cm³/mol. The van der Waals surface area contributed by atoms with Crippen molar-refractivity contribution in [1.82, 2.24) is 9.88 Å². The van der Waals surface area contributed by atoms with E-state index < -0.39 is 0 Å². The average Bonchev–Trinajstić information content (AvgIpc) is 2.46. The topological polar surface area (TPSA) is 53.2 Å². The molecule has 0 saturated heterocycles. The number of rotatable bonds is 3. The minimum atomic E-state index is -0.213. The van der Waals surface area contributed by atoms with E-state index >= 15 is 0 Å². The Morgan fingerprint density at radius 1 is 1.16 bits per heavy atom. The predicted octanol–water partition coefficient (Wildman–Crippen LogP) is 2.21. The lowest BCUT2D eigenvalue weighted by Crippen LogP contribution is -2.30. The molecule has 1 aromatic carbocycles. The van der Waals surface area contributed by atoms with Crippen LogP contribution in [0.1, 0.15) is 28.9 Å². The molecule has 1 unspecified atom stereocenters. The van der Waals surface area contributed by atoms with E-state index in [1.54, 1.807) is 11.9 Å². The molecule has 98 valence electrons. The fraction of sp³-hybridized carbons (Fsp3) is 0.200. The molecule has 0 radical (unpaired) electrons. The molecular formula is C15H16N2O2. The van der Waals surface area contributed by atoms with Crippen LogP contribution < -0.4 is 5.56 Å². The molecule has 0 bridgehead atoms. The summed E-state index contributed by atoms with van der Waals surface area (Å²) in [4.78, 5) is 27.4. The van der Waals surface area contributed by atoms with Gasteiger partial charge in [0.2, 0.25) is 5.56 Å². The highest BCUT2D eigenvalue weighted by Crippen LogP contribution is 2.19. The number of pyridine rings is 1. The summed E-state index contributed by atoms with van der Waals surface area (Å²) in [5, 5.41) is 0. The second kappa shape index (κ2) is 5.52. The van der Waals surface area contributed by atoms with Crippen molar-refractivity contribution in [3.05, 3.63) is 70.1 Å². The van der Waals surface area contributed by atoms with E-state index in [4.69, 9.17) is 0 Å². The lowest BCUT2D eigenvalue weighted by molar-refractivity contribution is 0.0742. The number of H-pyrrole nitrogens is 1. The summed E-state index contributed by atoms with van der Waals surface area (Å²) in [5.41, 5.74) is 1.34. The SMILES string of the molecule is CC(c1ccccc1)N(C)C(=O)c1ccc(=O)[nH]c1. The van der Waals surface area contributed by atoms with E-state index in [-0.39, 0.29) is 17.5 Å². The summed E-state index contributed by atoms with van der Waals surface area (Å²) >= 11 is 0. The molecule has 4 heteroatoms. The Morgan fingerprint density at radius 2 is 1.84 bits per heavy atom. The molecule has 1 amide bonds. The van der Waals surface area contributed by atoms with E-state index in [0.29, 0.717) is 5.56 Å². The fourth-order valence-electron chi connectivity index (χ4n) is 1.88. The van der Waals surface area contributed by atoms with Crippen molar-refractivity contribution in [3.63, 3.8) is 0 Å². The van der Waals surface area contributed by atoms with Crippen LogP contribution in [0.2, 0.25) is 0 Å². The Hall–Kier alpha value is -2.36. The normalized spacial score (nSPS) is 11.9. The Morgan fingerprint density at radius 3 is 2.42 bits per heavy atom. The van der Waals surface area contributed by atoms with Gasteiger partial charge in [-0.05, 0) is 18.6 Å².